The zero-order chi connectivity index (χ0) is 48.0. The number of hydrogen-bond acceptors (Lipinski definition) is 16. The molecular formula is C46H53FN10O8S2. The molecule has 3 amide bonds. The number of thioether (sulfide) groups is 2. The van der Waals surface area contributed by atoms with Crippen LogP contribution in [0.4, 0.5) is 21.8 Å². The van der Waals surface area contributed by atoms with Crippen molar-refractivity contribution in [3.63, 3.8) is 0 Å². The van der Waals surface area contributed by atoms with Gasteiger partial charge in [0.15, 0.2) is 28.5 Å². The van der Waals surface area contributed by atoms with Gasteiger partial charge in [-0.15, -0.1) is 23.5 Å². The summed E-state index contributed by atoms with van der Waals surface area (Å²) in [7, 11) is 1.89. The number of aliphatic carboxylic acids is 1. The molecule has 0 spiro atoms. The Morgan fingerprint density at radius 3 is 2.58 bits per heavy atom. The molecule has 1 saturated heterocycles. The number of alkyl halides is 1. The number of allylic oxidation sites excluding steroid dienone is 4. The van der Waals surface area contributed by atoms with Gasteiger partial charge in [-0.3, -0.25) is 24.1 Å². The van der Waals surface area contributed by atoms with Gasteiger partial charge in [-0.05, 0) is 79.9 Å². The molecule has 9 N–H and O–H groups in total. The van der Waals surface area contributed by atoms with Crippen LogP contribution in [0.2, 0.25) is 0 Å². The number of aliphatic hydroxyl groups is 2. The van der Waals surface area contributed by atoms with Crippen LogP contribution in [-0.2, 0) is 36.9 Å². The average Bonchev–Trinajstić information content (AvgIpc) is 3.48. The van der Waals surface area contributed by atoms with E-state index in [1.165, 1.54) is 40.6 Å². The van der Waals surface area contributed by atoms with Crippen LogP contribution in [0.3, 0.4) is 0 Å². The van der Waals surface area contributed by atoms with Crippen LogP contribution in [0.5, 0.6) is 0 Å². The summed E-state index contributed by atoms with van der Waals surface area (Å²) < 4.78 is 17.7. The number of rotatable bonds is 12. The van der Waals surface area contributed by atoms with Gasteiger partial charge in [-0.25, -0.2) is 19.2 Å². The van der Waals surface area contributed by atoms with Gasteiger partial charge in [-0.1, -0.05) is 37.6 Å². The fraction of sp³-hybridized carbons (Fsp3) is 0.500. The van der Waals surface area contributed by atoms with Crippen molar-refractivity contribution in [3.8, 4) is 0 Å². The zero-order valence-corrected chi connectivity index (χ0v) is 39.0. The van der Waals surface area contributed by atoms with E-state index in [-0.39, 0.29) is 59.4 Å². The second-order valence-corrected chi connectivity index (χ2v) is 21.2. The Bertz CT molecular complexity index is 2710. The van der Waals surface area contributed by atoms with Crippen LogP contribution in [-0.4, -0.2) is 123 Å². The van der Waals surface area contributed by atoms with E-state index in [2.05, 4.69) is 30.6 Å². The number of aromatic nitrogens is 4. The first-order chi connectivity index (χ1) is 31.7. The summed E-state index contributed by atoms with van der Waals surface area (Å²) in [6.07, 6.45) is 5.36. The number of amides is 3. The predicted molar refractivity (Wildman–Crippen MR) is 249 cm³/mol. The largest absolute Gasteiger partial charge is 0.477 e. The standard InChI is InChI=1S/C46H53FN10O8S2/c1-22-13-30-29-10-7-25-15-28(58)11-12-43(25,2)45(29,47)31(59)16-44(30,3)46(22,65)41(64)53-34-38(61)57-35(40(62)63)24(20-67-39(34)57)19-66-21-51-32(60)14-23-5-8-27(9-6-23)56(4)18-26-17-50-33-36(48)54-42(49)55-37(33)52-26/h5-6,8-9,11-12,15,17,22,29-31,34,39,59,65H,7,10,13-14,16,18-21H2,1-4H3,(H,51,60)(H,53,64)(H,62,63)(H4,48,49,52,54,55)/t22-,29+,30+,31+,34-,39-,43+,44+,45+,46+/m1/s1. The highest BCUT2D eigenvalue weighted by Crippen LogP contribution is 2.70. The quantitative estimate of drug-likeness (QED) is 0.0781. The summed E-state index contributed by atoms with van der Waals surface area (Å²) in [6.45, 7) is 5.56. The summed E-state index contributed by atoms with van der Waals surface area (Å²) in [5.41, 5.74) is 8.80. The Balaban J connectivity index is 0.784. The molecule has 0 bridgehead atoms. The van der Waals surface area contributed by atoms with Crippen molar-refractivity contribution in [3.05, 3.63) is 76.8 Å². The van der Waals surface area contributed by atoms with Gasteiger partial charge < -0.3 is 42.3 Å². The van der Waals surface area contributed by atoms with Crippen LogP contribution < -0.4 is 27.0 Å². The minimum absolute atomic E-state index is 0.0100. The van der Waals surface area contributed by atoms with Gasteiger partial charge in [-0.2, -0.15) is 9.97 Å². The molecule has 354 valence electrons. The lowest BCUT2D eigenvalue weighted by molar-refractivity contribution is -0.220. The number of nitrogens with two attached hydrogens (primary N) is 2. The number of aliphatic hydroxyl groups excluding tert-OH is 1. The third-order valence-corrected chi connectivity index (χ3v) is 17.6. The van der Waals surface area contributed by atoms with E-state index in [1.54, 1.807) is 33.0 Å². The number of nitrogens with zero attached hydrogens (tertiary/aromatic N) is 6. The molecule has 67 heavy (non-hydrogen) atoms. The number of ketones is 1. The summed E-state index contributed by atoms with van der Waals surface area (Å²) in [6, 6.07) is 6.36. The molecule has 0 unspecified atom stereocenters. The fourth-order valence-corrected chi connectivity index (χ4v) is 14.2. The third-order valence-electron chi connectivity index (χ3n) is 15.4. The second kappa shape index (κ2) is 16.8. The number of nitrogen functional groups attached to an aromatic ring is 2. The Morgan fingerprint density at radius 2 is 1.85 bits per heavy atom. The number of anilines is 3. The lowest BCUT2D eigenvalue weighted by Crippen LogP contribution is -2.74. The number of carbonyl (C=O) groups is 5. The second-order valence-electron chi connectivity index (χ2n) is 19.1. The van der Waals surface area contributed by atoms with Crippen molar-refractivity contribution in [2.45, 2.75) is 88.2 Å². The molecule has 2 aliphatic heterocycles. The van der Waals surface area contributed by atoms with E-state index in [9.17, 15) is 39.3 Å². The maximum Gasteiger partial charge on any atom is 0.352 e. The Hall–Kier alpha value is -5.64. The summed E-state index contributed by atoms with van der Waals surface area (Å²) in [5, 5.41) is 39.4. The number of benzene rings is 1. The van der Waals surface area contributed by atoms with Gasteiger partial charge >= 0.3 is 5.97 Å². The Kier molecular flexibility index (Phi) is 11.7. The number of fused-ring (bicyclic) bond motifs is 7. The predicted octanol–water partition coefficient (Wildman–Crippen LogP) is 2.66. The summed E-state index contributed by atoms with van der Waals surface area (Å²) in [5.74, 6) is -4.26. The van der Waals surface area contributed by atoms with E-state index in [4.69, 9.17) is 11.5 Å². The number of carboxylic acids is 1. The monoisotopic (exact) mass is 956 g/mol. The van der Waals surface area contributed by atoms with Crippen LogP contribution in [0, 0.1) is 28.6 Å². The lowest BCUT2D eigenvalue weighted by atomic mass is 9.44. The number of carbonyl (C=O) groups excluding carboxylic acids is 4. The summed E-state index contributed by atoms with van der Waals surface area (Å²) >= 11 is 2.59. The highest BCUT2D eigenvalue weighted by atomic mass is 32.2. The fourth-order valence-electron chi connectivity index (χ4n) is 11.9. The molecule has 18 nitrogen and oxygen atoms in total. The van der Waals surface area contributed by atoms with E-state index in [0.717, 1.165) is 11.3 Å². The first-order valence-electron chi connectivity index (χ1n) is 22.1. The maximum atomic E-state index is 17.7. The van der Waals surface area contributed by atoms with Crippen molar-refractivity contribution in [1.29, 1.82) is 0 Å². The molecule has 3 saturated carbocycles. The molecule has 4 heterocycles. The third kappa shape index (κ3) is 7.34. The molecule has 4 fully saturated rings. The molecule has 4 aliphatic carbocycles. The van der Waals surface area contributed by atoms with Gasteiger partial charge in [0.1, 0.15) is 22.6 Å². The smallest absolute Gasteiger partial charge is 0.352 e. The van der Waals surface area contributed by atoms with E-state index >= 15 is 4.39 Å². The number of nitrogens with one attached hydrogen (secondary N) is 2. The van der Waals surface area contributed by atoms with Crippen molar-refractivity contribution in [2.24, 2.45) is 28.6 Å². The lowest BCUT2D eigenvalue weighted by Gasteiger charge is -2.62. The van der Waals surface area contributed by atoms with Crippen LogP contribution in [0.25, 0.3) is 11.2 Å². The molecule has 2 aromatic heterocycles. The van der Waals surface area contributed by atoms with Crippen molar-refractivity contribution < 1.29 is 43.7 Å². The van der Waals surface area contributed by atoms with Gasteiger partial charge in [0.2, 0.25) is 11.9 Å². The topological polar surface area (TPSA) is 280 Å². The number of halogens is 1. The SMILES string of the molecule is C[C@@H]1C[C@H]2[C@@H]3CCC4=CC(=O)C=C[C@]4(C)[C@@]3(F)[C@@H](O)C[C@]2(C)[C@@]1(O)C(=O)N[C@@H]1C(=O)N2C(C(=O)O)=C(CSCNC(=O)Cc3ccc(N(C)Cc4cnc5c(N)nc(N)nc5n4)cc3)CS[C@H]12. The van der Waals surface area contributed by atoms with E-state index in [1.807, 2.05) is 36.2 Å². The van der Waals surface area contributed by atoms with Crippen LogP contribution in [0.1, 0.15) is 57.7 Å². The minimum Gasteiger partial charge on any atom is -0.477 e. The molecule has 21 heteroatoms. The molecule has 10 atom stereocenters. The molecule has 6 aliphatic rings. The van der Waals surface area contributed by atoms with E-state index < -0.39 is 75.2 Å². The first kappa shape index (κ1) is 46.5. The van der Waals surface area contributed by atoms with Gasteiger partial charge in [0.05, 0.1) is 36.8 Å². The molecule has 3 aromatic rings. The van der Waals surface area contributed by atoms with Crippen molar-refractivity contribution >= 4 is 81.6 Å². The number of β-lactam (4-membered cyclic amide) rings is 1. The average molecular weight is 957 g/mol. The normalized spacial score (nSPS) is 32.9. The molecule has 1 aromatic carbocycles. The van der Waals surface area contributed by atoms with Crippen LogP contribution in [0.15, 0.2) is 65.5 Å². The van der Waals surface area contributed by atoms with Crippen molar-refractivity contribution in [2.75, 3.05) is 40.8 Å². The molecule has 0 radical (unpaired) electrons. The van der Waals surface area contributed by atoms with Gasteiger partial charge in [0.25, 0.3) is 11.8 Å². The maximum absolute atomic E-state index is 17.7. The Labute approximate surface area is 393 Å². The number of carboxylic acid groups (broad SMARTS) is 1. The zero-order valence-electron chi connectivity index (χ0n) is 37.4. The van der Waals surface area contributed by atoms with Crippen molar-refractivity contribution in [1.82, 2.24) is 35.5 Å². The number of hydrogen-bond donors (Lipinski definition) is 7. The highest BCUT2D eigenvalue weighted by molar-refractivity contribution is 8.01. The minimum atomic E-state index is -2.14. The summed E-state index contributed by atoms with van der Waals surface area (Å²) in [4.78, 5) is 85.8. The van der Waals surface area contributed by atoms with Crippen LogP contribution >= 0.6 is 23.5 Å². The molecular weight excluding hydrogens is 904 g/mol. The van der Waals surface area contributed by atoms with E-state index in [0.29, 0.717) is 53.8 Å². The first-order valence-corrected chi connectivity index (χ1v) is 24.3. The highest BCUT2D eigenvalue weighted by Gasteiger charge is 2.76. The molecule has 9 rings (SSSR count). The van der Waals surface area contributed by atoms with Gasteiger partial charge in [0, 0.05) is 41.0 Å². The Morgan fingerprint density at radius 1 is 1.10 bits per heavy atom.